The highest BCUT2D eigenvalue weighted by molar-refractivity contribution is 5.87. The van der Waals surface area contributed by atoms with Crippen LogP contribution in [0, 0.1) is 0 Å². The first kappa shape index (κ1) is 8.77. The normalized spacial score (nSPS) is 16.1. The maximum atomic E-state index is 5.94. The lowest BCUT2D eigenvalue weighted by Gasteiger charge is -2.03. The van der Waals surface area contributed by atoms with Crippen molar-refractivity contribution in [1.29, 1.82) is 0 Å². The summed E-state index contributed by atoms with van der Waals surface area (Å²) in [4.78, 5) is 4.68. The zero-order valence-corrected chi connectivity index (χ0v) is 8.90. The molecule has 1 aromatic carbocycles. The van der Waals surface area contributed by atoms with E-state index in [1.54, 1.807) is 0 Å². The van der Waals surface area contributed by atoms with Crippen molar-refractivity contribution in [3.8, 4) is 0 Å². The molecule has 0 saturated heterocycles. The van der Waals surface area contributed by atoms with Gasteiger partial charge in [-0.2, -0.15) is 0 Å². The Balaban J connectivity index is 2.31. The number of aromatic nitrogens is 2. The van der Waals surface area contributed by atoms with Gasteiger partial charge in [-0.3, -0.25) is 0 Å². The van der Waals surface area contributed by atoms with Crippen LogP contribution < -0.4 is 5.73 Å². The van der Waals surface area contributed by atoms with Gasteiger partial charge in [-0.15, -0.1) is 0 Å². The zero-order valence-electron chi connectivity index (χ0n) is 8.90. The monoisotopic (exact) mass is 201 g/mol. The van der Waals surface area contributed by atoms with Gasteiger partial charge in [-0.25, -0.2) is 4.98 Å². The Bertz CT molecular complexity index is 509. The van der Waals surface area contributed by atoms with Crippen LogP contribution in [0.5, 0.6) is 0 Å². The molecule has 1 fully saturated rings. The highest BCUT2D eigenvalue weighted by atomic mass is 15.1. The Morgan fingerprint density at radius 1 is 1.47 bits per heavy atom. The average molecular weight is 201 g/mol. The van der Waals surface area contributed by atoms with E-state index >= 15 is 0 Å². The maximum Gasteiger partial charge on any atom is 0.113 e. The number of para-hydroxylation sites is 1. The molecule has 1 aromatic heterocycles. The van der Waals surface area contributed by atoms with Crippen LogP contribution in [0.15, 0.2) is 18.2 Å². The van der Waals surface area contributed by atoms with Crippen LogP contribution in [0.4, 0.5) is 5.69 Å². The lowest BCUT2D eigenvalue weighted by atomic mass is 10.3. The van der Waals surface area contributed by atoms with Gasteiger partial charge in [0.15, 0.2) is 0 Å². The largest absolute Gasteiger partial charge is 0.397 e. The molecule has 3 heteroatoms. The van der Waals surface area contributed by atoms with Gasteiger partial charge in [0.25, 0.3) is 0 Å². The van der Waals surface area contributed by atoms with Crippen LogP contribution in [0.25, 0.3) is 11.0 Å². The van der Waals surface area contributed by atoms with Crippen LogP contribution in [0.3, 0.4) is 0 Å². The number of imidazole rings is 1. The second-order valence-corrected chi connectivity index (χ2v) is 4.20. The second-order valence-electron chi connectivity index (χ2n) is 4.20. The fourth-order valence-corrected chi connectivity index (χ4v) is 2.17. The third-order valence-corrected chi connectivity index (χ3v) is 3.10. The number of nitrogens with two attached hydrogens (primary N) is 1. The third-order valence-electron chi connectivity index (χ3n) is 3.10. The van der Waals surface area contributed by atoms with Gasteiger partial charge in [-0.05, 0) is 31.9 Å². The molecule has 0 unspecified atom stereocenters. The number of hydrogen-bond donors (Lipinski definition) is 1. The Morgan fingerprint density at radius 2 is 2.27 bits per heavy atom. The molecule has 0 spiro atoms. The summed E-state index contributed by atoms with van der Waals surface area (Å²) in [5.74, 6) is 1.90. The van der Waals surface area contributed by atoms with Crippen LogP contribution in [0.2, 0.25) is 0 Å². The molecule has 2 aromatic rings. The molecule has 15 heavy (non-hydrogen) atoms. The molecule has 0 atom stereocenters. The van der Waals surface area contributed by atoms with E-state index in [4.69, 9.17) is 5.73 Å². The fraction of sp³-hybridized carbons (Fsp3) is 0.417. The predicted octanol–water partition coefficient (Wildman–Crippen LogP) is 2.52. The van der Waals surface area contributed by atoms with Gasteiger partial charge in [0.1, 0.15) is 11.3 Å². The van der Waals surface area contributed by atoms with E-state index in [9.17, 15) is 0 Å². The number of aryl methyl sites for hydroxylation is 1. The van der Waals surface area contributed by atoms with Crippen molar-refractivity contribution in [3.63, 3.8) is 0 Å². The molecule has 78 valence electrons. The summed E-state index contributed by atoms with van der Waals surface area (Å²) in [5, 5.41) is 0. The molecule has 1 aliphatic carbocycles. The number of fused-ring (bicyclic) bond motifs is 1. The average Bonchev–Trinajstić information content (AvgIpc) is 3.00. The van der Waals surface area contributed by atoms with Crippen LogP contribution >= 0.6 is 0 Å². The molecule has 1 saturated carbocycles. The molecule has 0 bridgehead atoms. The van der Waals surface area contributed by atoms with E-state index in [2.05, 4.69) is 22.5 Å². The molecule has 1 heterocycles. The summed E-state index contributed by atoms with van der Waals surface area (Å²) in [6, 6.07) is 6.03. The SMILES string of the molecule is CCn1c(C2CC2)nc2c(N)cccc21. The minimum absolute atomic E-state index is 0.678. The van der Waals surface area contributed by atoms with Crippen molar-refractivity contribution in [2.45, 2.75) is 32.2 Å². The predicted molar refractivity (Wildman–Crippen MR) is 61.8 cm³/mol. The fourth-order valence-electron chi connectivity index (χ4n) is 2.17. The highest BCUT2D eigenvalue weighted by Crippen LogP contribution is 2.41. The Hall–Kier alpha value is -1.51. The van der Waals surface area contributed by atoms with E-state index in [-0.39, 0.29) is 0 Å². The minimum atomic E-state index is 0.678. The standard InChI is InChI=1S/C12H15N3/c1-2-15-10-5-3-4-9(13)11(10)14-12(15)8-6-7-8/h3-5,8H,2,6-7,13H2,1H3. The first-order chi connectivity index (χ1) is 7.31. The van der Waals surface area contributed by atoms with E-state index in [0.29, 0.717) is 5.92 Å². The van der Waals surface area contributed by atoms with E-state index in [1.165, 1.54) is 24.2 Å². The lowest BCUT2D eigenvalue weighted by molar-refractivity contribution is 0.720. The van der Waals surface area contributed by atoms with Crippen molar-refractivity contribution in [2.24, 2.45) is 0 Å². The van der Waals surface area contributed by atoms with Gasteiger partial charge < -0.3 is 10.3 Å². The van der Waals surface area contributed by atoms with Crippen molar-refractivity contribution in [3.05, 3.63) is 24.0 Å². The van der Waals surface area contributed by atoms with Crippen molar-refractivity contribution in [1.82, 2.24) is 9.55 Å². The zero-order chi connectivity index (χ0) is 10.4. The van der Waals surface area contributed by atoms with Gasteiger partial charge in [0.2, 0.25) is 0 Å². The Morgan fingerprint density at radius 3 is 2.93 bits per heavy atom. The molecule has 3 rings (SSSR count). The van der Waals surface area contributed by atoms with Crippen molar-refractivity contribution >= 4 is 16.7 Å². The molecular formula is C12H15N3. The first-order valence-corrected chi connectivity index (χ1v) is 5.56. The highest BCUT2D eigenvalue weighted by Gasteiger charge is 2.29. The van der Waals surface area contributed by atoms with Gasteiger partial charge in [0.05, 0.1) is 11.2 Å². The second kappa shape index (κ2) is 2.99. The number of benzene rings is 1. The van der Waals surface area contributed by atoms with Crippen molar-refractivity contribution < 1.29 is 0 Å². The molecule has 3 nitrogen and oxygen atoms in total. The smallest absolute Gasteiger partial charge is 0.113 e. The quantitative estimate of drug-likeness (QED) is 0.759. The Kier molecular flexibility index (Phi) is 1.75. The Labute approximate surface area is 88.9 Å². The van der Waals surface area contributed by atoms with E-state index in [0.717, 1.165) is 17.7 Å². The number of nitrogens with zero attached hydrogens (tertiary/aromatic N) is 2. The van der Waals surface area contributed by atoms with E-state index in [1.807, 2.05) is 12.1 Å². The topological polar surface area (TPSA) is 43.8 Å². The lowest BCUT2D eigenvalue weighted by Crippen LogP contribution is -1.99. The van der Waals surface area contributed by atoms with Gasteiger partial charge in [-0.1, -0.05) is 6.07 Å². The van der Waals surface area contributed by atoms with Gasteiger partial charge >= 0.3 is 0 Å². The van der Waals surface area contributed by atoms with Crippen LogP contribution in [0.1, 0.15) is 31.5 Å². The molecule has 0 aliphatic heterocycles. The number of nitrogen functional groups attached to an aromatic ring is 1. The molecule has 0 amide bonds. The van der Waals surface area contributed by atoms with E-state index < -0.39 is 0 Å². The summed E-state index contributed by atoms with van der Waals surface area (Å²) in [6.45, 7) is 3.14. The maximum absolute atomic E-state index is 5.94. The minimum Gasteiger partial charge on any atom is -0.397 e. The van der Waals surface area contributed by atoms with Crippen LogP contribution in [-0.4, -0.2) is 9.55 Å². The van der Waals surface area contributed by atoms with Crippen molar-refractivity contribution in [2.75, 3.05) is 5.73 Å². The molecule has 1 aliphatic rings. The summed E-state index contributed by atoms with van der Waals surface area (Å²) in [6.07, 6.45) is 2.56. The summed E-state index contributed by atoms with van der Waals surface area (Å²) in [5.41, 5.74) is 8.88. The number of anilines is 1. The summed E-state index contributed by atoms with van der Waals surface area (Å²) >= 11 is 0. The number of rotatable bonds is 2. The van der Waals surface area contributed by atoms with Crippen LogP contribution in [-0.2, 0) is 6.54 Å². The molecule has 0 radical (unpaired) electrons. The molecular weight excluding hydrogens is 186 g/mol. The molecule has 2 N–H and O–H groups in total. The third kappa shape index (κ3) is 1.23. The summed E-state index contributed by atoms with van der Waals surface area (Å²) in [7, 11) is 0. The van der Waals surface area contributed by atoms with Gasteiger partial charge in [0, 0.05) is 12.5 Å². The first-order valence-electron chi connectivity index (χ1n) is 5.56. The number of hydrogen-bond acceptors (Lipinski definition) is 2. The summed E-state index contributed by atoms with van der Waals surface area (Å²) < 4.78 is 2.30.